The molecule has 3 nitrogen and oxygen atoms in total. The van der Waals surface area contributed by atoms with Gasteiger partial charge in [0.2, 0.25) is 0 Å². The maximum absolute atomic E-state index is 13.3. The van der Waals surface area contributed by atoms with E-state index in [1.807, 2.05) is 0 Å². The molecular weight excluding hydrogens is 197 g/mol. The Morgan fingerprint density at radius 3 is 2.60 bits per heavy atom. The molecule has 0 saturated carbocycles. The number of carboxylic acid groups (broad SMARTS) is 1. The number of halogens is 1. The highest BCUT2D eigenvalue weighted by Crippen LogP contribution is 2.25. The lowest BCUT2D eigenvalue weighted by Gasteiger charge is -2.26. The molecule has 2 unspecified atom stereocenters. The van der Waals surface area contributed by atoms with Crippen molar-refractivity contribution in [1.82, 2.24) is 0 Å². The average Bonchev–Trinajstić information content (AvgIpc) is 2.15. The first-order valence-corrected chi connectivity index (χ1v) is 4.62. The summed E-state index contributed by atoms with van der Waals surface area (Å²) in [6, 6.07) is 6.58. The monoisotopic (exact) mass is 211 g/mol. The number of carboxylic acids is 1. The number of nitrogens with two attached hydrogens (primary N) is 1. The van der Waals surface area contributed by atoms with Gasteiger partial charge in [-0.15, -0.1) is 0 Å². The highest BCUT2D eigenvalue weighted by molar-refractivity contribution is 5.81. The van der Waals surface area contributed by atoms with E-state index in [2.05, 4.69) is 0 Å². The Balaban J connectivity index is 3.28. The van der Waals surface area contributed by atoms with Crippen LogP contribution >= 0.6 is 0 Å². The number of aryl methyl sites for hydroxylation is 1. The molecule has 1 aromatic carbocycles. The molecule has 0 aliphatic heterocycles. The van der Waals surface area contributed by atoms with Crippen LogP contribution < -0.4 is 5.73 Å². The van der Waals surface area contributed by atoms with Crippen LogP contribution in [0, 0.1) is 6.92 Å². The maximum atomic E-state index is 13.3. The largest absolute Gasteiger partial charge is 0.480 e. The fourth-order valence-electron chi connectivity index (χ4n) is 1.43. The summed E-state index contributed by atoms with van der Waals surface area (Å²) in [4.78, 5) is 11.0. The Kier molecular flexibility index (Phi) is 3.09. The van der Waals surface area contributed by atoms with Crippen LogP contribution in [0.5, 0.6) is 0 Å². The summed E-state index contributed by atoms with van der Waals surface area (Å²) in [5.74, 6) is -1.36. The summed E-state index contributed by atoms with van der Waals surface area (Å²) in [6.45, 7) is 2.95. The average molecular weight is 211 g/mol. The zero-order valence-corrected chi connectivity index (χ0v) is 8.70. The van der Waals surface area contributed by atoms with Crippen molar-refractivity contribution in [3.8, 4) is 0 Å². The fraction of sp³-hybridized carbons (Fsp3) is 0.364. The molecule has 0 heterocycles. The molecular formula is C11H14FNO2. The van der Waals surface area contributed by atoms with Crippen LogP contribution in [0.25, 0.3) is 0 Å². The number of carbonyl (C=O) groups is 1. The molecule has 0 spiro atoms. The van der Waals surface area contributed by atoms with Crippen molar-refractivity contribution >= 4 is 5.97 Å². The summed E-state index contributed by atoms with van der Waals surface area (Å²) in [6.07, 6.45) is -1.66. The molecule has 0 amide bonds. The molecule has 0 aliphatic carbocycles. The highest BCUT2D eigenvalue weighted by atomic mass is 19.1. The molecule has 1 aromatic rings. The third-order valence-corrected chi connectivity index (χ3v) is 2.48. The minimum absolute atomic E-state index is 0.282. The van der Waals surface area contributed by atoms with E-state index in [9.17, 15) is 9.18 Å². The third kappa shape index (κ3) is 1.99. The Bertz CT molecular complexity index is 379. The van der Waals surface area contributed by atoms with Crippen LogP contribution in [0.1, 0.15) is 18.1 Å². The van der Waals surface area contributed by atoms with Crippen LogP contribution in [0.3, 0.4) is 0 Å². The van der Waals surface area contributed by atoms with Crippen molar-refractivity contribution in [2.45, 2.75) is 25.6 Å². The van der Waals surface area contributed by atoms with Gasteiger partial charge in [-0.3, -0.25) is 0 Å². The van der Waals surface area contributed by atoms with Gasteiger partial charge in [-0.25, -0.2) is 9.18 Å². The lowest BCUT2D eigenvalue weighted by molar-refractivity contribution is -0.146. The van der Waals surface area contributed by atoms with E-state index < -0.39 is 17.7 Å². The number of alkyl halides is 1. The number of rotatable bonds is 3. The van der Waals surface area contributed by atoms with Crippen LogP contribution in [-0.2, 0) is 10.3 Å². The molecule has 0 aliphatic rings. The number of hydrogen-bond donors (Lipinski definition) is 2. The Morgan fingerprint density at radius 1 is 1.60 bits per heavy atom. The quantitative estimate of drug-likeness (QED) is 0.798. The fourth-order valence-corrected chi connectivity index (χ4v) is 1.43. The summed E-state index contributed by atoms with van der Waals surface area (Å²) in [7, 11) is 0. The summed E-state index contributed by atoms with van der Waals surface area (Å²) in [5, 5.41) is 8.98. The van der Waals surface area contributed by atoms with E-state index in [4.69, 9.17) is 10.8 Å². The van der Waals surface area contributed by atoms with Crippen LogP contribution in [0.4, 0.5) is 4.39 Å². The van der Waals surface area contributed by atoms with E-state index in [0.717, 1.165) is 12.5 Å². The third-order valence-electron chi connectivity index (χ3n) is 2.48. The van der Waals surface area contributed by atoms with Gasteiger partial charge in [0.05, 0.1) is 0 Å². The molecule has 0 saturated heterocycles. The summed E-state index contributed by atoms with van der Waals surface area (Å²) < 4.78 is 13.3. The molecule has 4 heteroatoms. The first-order chi connectivity index (χ1) is 6.89. The normalized spacial score (nSPS) is 16.8. The molecule has 2 atom stereocenters. The maximum Gasteiger partial charge on any atom is 0.331 e. The number of aliphatic carboxylic acids is 1. The molecule has 0 radical (unpaired) electrons. The van der Waals surface area contributed by atoms with Crippen LogP contribution in [0.15, 0.2) is 24.3 Å². The molecule has 3 N–H and O–H groups in total. The zero-order chi connectivity index (χ0) is 11.6. The molecule has 0 aromatic heterocycles. The Morgan fingerprint density at radius 2 is 2.20 bits per heavy atom. The van der Waals surface area contributed by atoms with Crippen molar-refractivity contribution < 1.29 is 14.3 Å². The van der Waals surface area contributed by atoms with Gasteiger partial charge in [0.25, 0.3) is 0 Å². The van der Waals surface area contributed by atoms with Gasteiger partial charge in [-0.2, -0.15) is 0 Å². The predicted molar refractivity (Wildman–Crippen MR) is 55.3 cm³/mol. The lowest BCUT2D eigenvalue weighted by Crippen LogP contribution is -2.51. The van der Waals surface area contributed by atoms with Crippen molar-refractivity contribution in [2.24, 2.45) is 5.73 Å². The first kappa shape index (κ1) is 11.7. The second kappa shape index (κ2) is 3.98. The van der Waals surface area contributed by atoms with Gasteiger partial charge < -0.3 is 10.8 Å². The molecule has 0 fully saturated rings. The molecule has 15 heavy (non-hydrogen) atoms. The summed E-state index contributed by atoms with van der Waals surface area (Å²) in [5.41, 5.74) is 4.77. The van der Waals surface area contributed by atoms with E-state index in [1.54, 1.807) is 25.1 Å². The van der Waals surface area contributed by atoms with Crippen LogP contribution in [0.2, 0.25) is 0 Å². The van der Waals surface area contributed by atoms with Crippen molar-refractivity contribution in [3.05, 3.63) is 35.4 Å². The number of benzene rings is 1. The van der Waals surface area contributed by atoms with E-state index in [1.165, 1.54) is 6.07 Å². The SMILES string of the molecule is Cc1cccc(C(N)(C(=O)O)C(C)F)c1. The second-order valence-corrected chi connectivity index (χ2v) is 3.66. The standard InChI is InChI=1S/C11H14FNO2/c1-7-4-3-5-9(6-7)11(13,8(2)12)10(14)15/h3-6,8H,13H2,1-2H3,(H,14,15). The van der Waals surface area contributed by atoms with E-state index >= 15 is 0 Å². The van der Waals surface area contributed by atoms with Crippen LogP contribution in [-0.4, -0.2) is 17.2 Å². The molecule has 0 bridgehead atoms. The lowest BCUT2D eigenvalue weighted by atomic mass is 9.86. The van der Waals surface area contributed by atoms with Gasteiger partial charge in [-0.05, 0) is 19.4 Å². The second-order valence-electron chi connectivity index (χ2n) is 3.66. The van der Waals surface area contributed by atoms with Gasteiger partial charge in [0.15, 0.2) is 5.54 Å². The Hall–Kier alpha value is -1.42. The van der Waals surface area contributed by atoms with Crippen molar-refractivity contribution in [3.63, 3.8) is 0 Å². The van der Waals surface area contributed by atoms with Gasteiger partial charge >= 0.3 is 5.97 Å². The van der Waals surface area contributed by atoms with Crippen molar-refractivity contribution in [1.29, 1.82) is 0 Å². The minimum atomic E-state index is -1.97. The molecule has 82 valence electrons. The van der Waals surface area contributed by atoms with Crippen molar-refractivity contribution in [2.75, 3.05) is 0 Å². The van der Waals surface area contributed by atoms with E-state index in [0.29, 0.717) is 0 Å². The highest BCUT2D eigenvalue weighted by Gasteiger charge is 2.42. The zero-order valence-electron chi connectivity index (χ0n) is 8.70. The first-order valence-electron chi connectivity index (χ1n) is 4.62. The topological polar surface area (TPSA) is 63.3 Å². The van der Waals surface area contributed by atoms with Gasteiger partial charge in [0.1, 0.15) is 6.17 Å². The van der Waals surface area contributed by atoms with Gasteiger partial charge in [0, 0.05) is 0 Å². The Labute approximate surface area is 87.7 Å². The van der Waals surface area contributed by atoms with E-state index in [-0.39, 0.29) is 5.56 Å². The smallest absolute Gasteiger partial charge is 0.331 e. The minimum Gasteiger partial charge on any atom is -0.480 e. The summed E-state index contributed by atoms with van der Waals surface area (Å²) >= 11 is 0. The number of hydrogen-bond acceptors (Lipinski definition) is 2. The van der Waals surface area contributed by atoms with Gasteiger partial charge in [-0.1, -0.05) is 29.8 Å². The molecule has 1 rings (SSSR count). The predicted octanol–water partition coefficient (Wildman–Crippen LogP) is 1.59.